The molecule has 3 nitrogen and oxygen atoms in total. The summed E-state index contributed by atoms with van der Waals surface area (Å²) in [5.41, 5.74) is 0. The molecule has 0 aromatic carbocycles. The summed E-state index contributed by atoms with van der Waals surface area (Å²) in [5, 5.41) is 23.6. The zero-order valence-electron chi connectivity index (χ0n) is 11.9. The summed E-state index contributed by atoms with van der Waals surface area (Å²) in [4.78, 5) is 0. The topological polar surface area (TPSA) is 52.5 Å². The van der Waals surface area contributed by atoms with E-state index in [9.17, 15) is 10.2 Å². The lowest BCUT2D eigenvalue weighted by Crippen LogP contribution is -2.44. The molecule has 3 heteroatoms. The highest BCUT2D eigenvalue weighted by Crippen LogP contribution is 2.44. The lowest BCUT2D eigenvalue weighted by molar-refractivity contribution is -0.0644. The van der Waals surface area contributed by atoms with Crippen molar-refractivity contribution in [3.05, 3.63) is 0 Å². The van der Waals surface area contributed by atoms with Crippen molar-refractivity contribution in [1.29, 1.82) is 0 Å². The van der Waals surface area contributed by atoms with E-state index in [4.69, 9.17) is 0 Å². The summed E-state index contributed by atoms with van der Waals surface area (Å²) in [6.07, 6.45) is 8.82. The van der Waals surface area contributed by atoms with Gasteiger partial charge in [0.2, 0.25) is 0 Å². The maximum absolute atomic E-state index is 10.1. The second kappa shape index (κ2) is 6.11. The van der Waals surface area contributed by atoms with Crippen LogP contribution >= 0.6 is 0 Å². The van der Waals surface area contributed by atoms with Gasteiger partial charge in [0, 0.05) is 0 Å². The molecule has 0 spiro atoms. The van der Waals surface area contributed by atoms with Gasteiger partial charge in [0.15, 0.2) is 0 Å². The maximum atomic E-state index is 10.1. The summed E-state index contributed by atoms with van der Waals surface area (Å²) in [6, 6.07) is 0. The van der Waals surface area contributed by atoms with E-state index in [-0.39, 0.29) is 0 Å². The highest BCUT2D eigenvalue weighted by Gasteiger charge is 2.42. The Balaban J connectivity index is 1.73. The lowest BCUT2D eigenvalue weighted by Gasteiger charge is -2.43. The van der Waals surface area contributed by atoms with Crippen molar-refractivity contribution in [2.75, 3.05) is 13.1 Å². The van der Waals surface area contributed by atoms with E-state index in [1.54, 1.807) is 0 Å². The quantitative estimate of drug-likeness (QED) is 0.680. The number of aliphatic hydroxyl groups is 2. The van der Waals surface area contributed by atoms with Crippen molar-refractivity contribution < 1.29 is 10.2 Å². The van der Waals surface area contributed by atoms with Crippen LogP contribution in [0.15, 0.2) is 0 Å². The molecule has 1 heterocycles. The monoisotopic (exact) mass is 267 g/mol. The standard InChI is InChI=1S/C16H29NO2/c18-15-8-12-6-7-17-10-14(13(12)9-16(15)19)11-4-2-1-3-5-11/h11-19H,1-10H2. The fraction of sp³-hybridized carbons (Fsp3) is 1.00. The fourth-order valence-electron chi connectivity index (χ4n) is 4.91. The Morgan fingerprint density at radius 1 is 0.737 bits per heavy atom. The van der Waals surface area contributed by atoms with Crippen molar-refractivity contribution in [2.24, 2.45) is 23.7 Å². The van der Waals surface area contributed by atoms with Gasteiger partial charge >= 0.3 is 0 Å². The number of nitrogens with one attached hydrogen (secondary N) is 1. The van der Waals surface area contributed by atoms with E-state index in [2.05, 4.69) is 5.32 Å². The lowest BCUT2D eigenvalue weighted by atomic mass is 9.64. The summed E-state index contributed by atoms with van der Waals surface area (Å²) < 4.78 is 0. The van der Waals surface area contributed by atoms with Crippen LogP contribution in [0.3, 0.4) is 0 Å². The van der Waals surface area contributed by atoms with Gasteiger partial charge in [-0.25, -0.2) is 0 Å². The molecule has 110 valence electrons. The number of aliphatic hydroxyl groups excluding tert-OH is 2. The smallest absolute Gasteiger partial charge is 0.0802 e. The van der Waals surface area contributed by atoms with Gasteiger partial charge < -0.3 is 15.5 Å². The Bertz CT molecular complexity index is 290. The van der Waals surface area contributed by atoms with E-state index in [0.717, 1.165) is 37.8 Å². The van der Waals surface area contributed by atoms with Crippen LogP contribution in [-0.4, -0.2) is 35.5 Å². The normalized spacial score (nSPS) is 45.5. The minimum atomic E-state index is -0.481. The highest BCUT2D eigenvalue weighted by atomic mass is 16.3. The van der Waals surface area contributed by atoms with Crippen LogP contribution in [0.1, 0.15) is 51.4 Å². The van der Waals surface area contributed by atoms with Crippen LogP contribution in [0.2, 0.25) is 0 Å². The van der Waals surface area contributed by atoms with Crippen LogP contribution < -0.4 is 5.32 Å². The van der Waals surface area contributed by atoms with Crippen LogP contribution in [0.25, 0.3) is 0 Å². The summed E-state index contributed by atoms with van der Waals surface area (Å²) >= 11 is 0. The van der Waals surface area contributed by atoms with Crippen molar-refractivity contribution >= 4 is 0 Å². The highest BCUT2D eigenvalue weighted by molar-refractivity contribution is 4.94. The molecule has 0 radical (unpaired) electrons. The molecule has 1 aliphatic heterocycles. The Morgan fingerprint density at radius 3 is 2.26 bits per heavy atom. The molecule has 1 saturated heterocycles. The van der Waals surface area contributed by atoms with Crippen LogP contribution in [0, 0.1) is 23.7 Å². The van der Waals surface area contributed by atoms with Crippen molar-refractivity contribution in [3.63, 3.8) is 0 Å². The van der Waals surface area contributed by atoms with Crippen molar-refractivity contribution in [3.8, 4) is 0 Å². The molecular weight excluding hydrogens is 238 g/mol. The molecule has 2 aliphatic carbocycles. The minimum Gasteiger partial charge on any atom is -0.390 e. The Kier molecular flexibility index (Phi) is 4.45. The molecule has 19 heavy (non-hydrogen) atoms. The molecular formula is C16H29NO2. The van der Waals surface area contributed by atoms with Gasteiger partial charge in [0.1, 0.15) is 0 Å². The molecule has 3 rings (SSSR count). The molecule has 0 aromatic heterocycles. The average Bonchev–Trinajstić information content (AvgIpc) is 2.63. The Hall–Kier alpha value is -0.120. The van der Waals surface area contributed by atoms with E-state index in [1.165, 1.54) is 38.5 Å². The number of hydrogen-bond donors (Lipinski definition) is 3. The van der Waals surface area contributed by atoms with E-state index >= 15 is 0 Å². The third-order valence-corrected chi connectivity index (χ3v) is 5.98. The van der Waals surface area contributed by atoms with Gasteiger partial charge in [-0.15, -0.1) is 0 Å². The summed E-state index contributed by atoms with van der Waals surface area (Å²) in [7, 11) is 0. The largest absolute Gasteiger partial charge is 0.390 e. The zero-order valence-corrected chi connectivity index (χ0v) is 11.9. The predicted octanol–water partition coefficient (Wildman–Crippen LogP) is 1.92. The third-order valence-electron chi connectivity index (χ3n) is 5.98. The first-order valence-corrected chi connectivity index (χ1v) is 8.32. The SMILES string of the molecule is OC1CC2CCNCC(C3CCCCC3)C2CC1O. The van der Waals surface area contributed by atoms with Gasteiger partial charge in [-0.1, -0.05) is 32.1 Å². The van der Waals surface area contributed by atoms with Crippen molar-refractivity contribution in [1.82, 2.24) is 5.32 Å². The van der Waals surface area contributed by atoms with E-state index in [1.807, 2.05) is 0 Å². The van der Waals surface area contributed by atoms with Crippen LogP contribution in [0.4, 0.5) is 0 Å². The van der Waals surface area contributed by atoms with Crippen LogP contribution in [-0.2, 0) is 0 Å². The van der Waals surface area contributed by atoms with Gasteiger partial charge in [-0.05, 0) is 56.0 Å². The predicted molar refractivity (Wildman–Crippen MR) is 75.8 cm³/mol. The second-order valence-corrected chi connectivity index (χ2v) is 7.08. The molecule has 0 aromatic rings. The Labute approximate surface area is 116 Å². The van der Waals surface area contributed by atoms with Gasteiger partial charge in [-0.3, -0.25) is 0 Å². The first-order valence-electron chi connectivity index (χ1n) is 8.32. The van der Waals surface area contributed by atoms with Crippen molar-refractivity contribution in [2.45, 2.75) is 63.6 Å². The molecule has 5 unspecified atom stereocenters. The molecule has 3 fully saturated rings. The second-order valence-electron chi connectivity index (χ2n) is 7.08. The van der Waals surface area contributed by atoms with Gasteiger partial charge in [-0.2, -0.15) is 0 Å². The first-order chi connectivity index (χ1) is 9.25. The number of fused-ring (bicyclic) bond motifs is 1. The number of rotatable bonds is 1. The molecule has 3 aliphatic rings. The maximum Gasteiger partial charge on any atom is 0.0802 e. The molecule has 5 atom stereocenters. The van der Waals surface area contributed by atoms with E-state index in [0.29, 0.717) is 11.8 Å². The molecule has 3 N–H and O–H groups in total. The Morgan fingerprint density at radius 2 is 1.47 bits per heavy atom. The molecule has 0 amide bonds. The van der Waals surface area contributed by atoms with Crippen LogP contribution in [0.5, 0.6) is 0 Å². The van der Waals surface area contributed by atoms with E-state index < -0.39 is 12.2 Å². The number of hydrogen-bond acceptors (Lipinski definition) is 3. The minimum absolute atomic E-state index is 0.480. The fourth-order valence-corrected chi connectivity index (χ4v) is 4.91. The first kappa shape index (κ1) is 13.8. The summed E-state index contributed by atoms with van der Waals surface area (Å²) in [5.74, 6) is 2.85. The third kappa shape index (κ3) is 2.98. The molecule has 2 saturated carbocycles. The van der Waals surface area contributed by atoms with Gasteiger partial charge in [0.25, 0.3) is 0 Å². The molecule has 0 bridgehead atoms. The summed E-state index contributed by atoms with van der Waals surface area (Å²) in [6.45, 7) is 2.22. The van der Waals surface area contributed by atoms with Gasteiger partial charge in [0.05, 0.1) is 12.2 Å². The average molecular weight is 267 g/mol. The zero-order chi connectivity index (χ0) is 13.2.